The summed E-state index contributed by atoms with van der Waals surface area (Å²) in [5.74, 6) is 2.46. The zero-order chi connectivity index (χ0) is 16.4. The molecule has 6 nitrogen and oxygen atoms in total. The minimum absolute atomic E-state index is 0. The lowest BCUT2D eigenvalue weighted by Crippen LogP contribution is -2.38. The largest absolute Gasteiger partial charge is 0.339 e. The average molecular weight is 357 g/mol. The summed E-state index contributed by atoms with van der Waals surface area (Å²) in [5.41, 5.74) is 0. The molecule has 1 aromatic rings. The van der Waals surface area contributed by atoms with E-state index in [1.165, 1.54) is 12.8 Å². The molecule has 24 heavy (non-hydrogen) atoms. The maximum absolute atomic E-state index is 12.4. The van der Waals surface area contributed by atoms with Gasteiger partial charge in [0.25, 0.3) is 0 Å². The highest BCUT2D eigenvalue weighted by atomic mass is 35.5. The number of amides is 1. The van der Waals surface area contributed by atoms with Gasteiger partial charge in [-0.1, -0.05) is 12.1 Å². The molecule has 0 radical (unpaired) electrons. The van der Waals surface area contributed by atoms with Crippen LogP contribution in [0.1, 0.15) is 63.6 Å². The van der Waals surface area contributed by atoms with Gasteiger partial charge in [0.05, 0.1) is 5.92 Å². The van der Waals surface area contributed by atoms with E-state index in [4.69, 9.17) is 4.52 Å². The lowest BCUT2D eigenvalue weighted by atomic mass is 9.87. The van der Waals surface area contributed by atoms with Crippen LogP contribution in [0.2, 0.25) is 0 Å². The fourth-order valence-corrected chi connectivity index (χ4v) is 3.70. The minimum atomic E-state index is 0. The van der Waals surface area contributed by atoms with Crippen molar-refractivity contribution in [1.82, 2.24) is 20.4 Å². The Balaban J connectivity index is 0.00000208. The first kappa shape index (κ1) is 19.2. The van der Waals surface area contributed by atoms with Gasteiger partial charge in [-0.15, -0.1) is 12.4 Å². The first-order valence-electron chi connectivity index (χ1n) is 8.86. The number of nitrogens with zero attached hydrogens (tertiary/aromatic N) is 3. The molecule has 0 bridgehead atoms. The van der Waals surface area contributed by atoms with Crippen molar-refractivity contribution in [2.75, 3.05) is 13.6 Å². The normalized spacial score (nSPS) is 28.7. The molecule has 0 spiro atoms. The molecule has 1 amide bonds. The van der Waals surface area contributed by atoms with Gasteiger partial charge in [-0.3, -0.25) is 4.79 Å². The van der Waals surface area contributed by atoms with E-state index in [1.807, 2.05) is 7.05 Å². The van der Waals surface area contributed by atoms with Gasteiger partial charge in [0.1, 0.15) is 0 Å². The predicted molar refractivity (Wildman–Crippen MR) is 94.3 cm³/mol. The summed E-state index contributed by atoms with van der Waals surface area (Å²) in [5, 5.41) is 7.23. The van der Waals surface area contributed by atoms with E-state index in [2.05, 4.69) is 34.2 Å². The van der Waals surface area contributed by atoms with Gasteiger partial charge >= 0.3 is 0 Å². The second kappa shape index (κ2) is 8.30. The van der Waals surface area contributed by atoms with Crippen LogP contribution in [0.15, 0.2) is 4.52 Å². The Morgan fingerprint density at radius 3 is 2.71 bits per heavy atom. The molecule has 136 valence electrons. The Labute approximate surface area is 150 Å². The second-order valence-corrected chi connectivity index (χ2v) is 7.30. The Morgan fingerprint density at radius 1 is 1.33 bits per heavy atom. The number of likely N-dealkylation sites (N-methyl/N-ethyl adjacent to an activating group) is 1. The number of hydrogen-bond donors (Lipinski definition) is 1. The van der Waals surface area contributed by atoms with E-state index < -0.39 is 0 Å². The summed E-state index contributed by atoms with van der Waals surface area (Å²) in [6, 6.07) is 0.724. The summed E-state index contributed by atoms with van der Waals surface area (Å²) in [4.78, 5) is 19.0. The van der Waals surface area contributed by atoms with E-state index in [0.717, 1.165) is 37.5 Å². The number of nitrogens with one attached hydrogen (secondary N) is 1. The molecule has 1 saturated carbocycles. The van der Waals surface area contributed by atoms with E-state index in [1.54, 1.807) is 0 Å². The quantitative estimate of drug-likeness (QED) is 0.877. The number of carbonyl (C=O) groups excluding carboxylic acids is 1. The van der Waals surface area contributed by atoms with Gasteiger partial charge in [0.15, 0.2) is 5.82 Å². The molecule has 2 aliphatic rings. The molecule has 3 rings (SSSR count). The highest BCUT2D eigenvalue weighted by molar-refractivity contribution is 5.85. The van der Waals surface area contributed by atoms with Crippen molar-refractivity contribution in [2.24, 2.45) is 5.92 Å². The number of likely N-dealkylation sites (tertiary alicyclic amines) is 1. The summed E-state index contributed by atoms with van der Waals surface area (Å²) in [6.45, 7) is 5.12. The molecule has 1 N–H and O–H groups in total. The van der Waals surface area contributed by atoms with Crippen LogP contribution in [0.3, 0.4) is 0 Å². The van der Waals surface area contributed by atoms with Crippen molar-refractivity contribution in [3.05, 3.63) is 11.7 Å². The molecule has 1 aliphatic carbocycles. The van der Waals surface area contributed by atoms with Crippen LogP contribution in [-0.2, 0) is 11.2 Å². The molecule has 7 heteroatoms. The molecule has 1 saturated heterocycles. The third kappa shape index (κ3) is 4.28. The Kier molecular flexibility index (Phi) is 6.63. The Hall–Kier alpha value is -1.14. The third-order valence-corrected chi connectivity index (χ3v) is 5.40. The van der Waals surface area contributed by atoms with E-state index in [0.29, 0.717) is 24.4 Å². The highest BCUT2D eigenvalue weighted by Gasteiger charge is 2.38. The number of hydrogen-bond acceptors (Lipinski definition) is 5. The van der Waals surface area contributed by atoms with E-state index >= 15 is 0 Å². The summed E-state index contributed by atoms with van der Waals surface area (Å²) >= 11 is 0. The molecule has 1 aliphatic heterocycles. The maximum Gasteiger partial charge on any atom is 0.232 e. The lowest BCUT2D eigenvalue weighted by molar-refractivity contribution is -0.130. The zero-order valence-electron chi connectivity index (χ0n) is 14.8. The predicted octanol–water partition coefficient (Wildman–Crippen LogP) is 2.54. The number of halogens is 1. The molecular formula is C17H29ClN4O2. The summed E-state index contributed by atoms with van der Waals surface area (Å²) in [7, 11) is 1.92. The molecular weight excluding hydrogens is 328 g/mol. The van der Waals surface area contributed by atoms with Crippen LogP contribution < -0.4 is 5.32 Å². The Morgan fingerprint density at radius 2 is 2.04 bits per heavy atom. The van der Waals surface area contributed by atoms with Crippen molar-refractivity contribution in [1.29, 1.82) is 0 Å². The molecule has 2 fully saturated rings. The standard InChI is InChI=1S/C17H28N4O2.ClH/c1-11-4-6-14(7-5-11)21-10-13(9-16(21)22)17-19-15(20-23-17)8-12(2)18-3;/h11-14,18H,4-10H2,1-3H3;1H. The van der Waals surface area contributed by atoms with Gasteiger partial charge in [0, 0.05) is 31.5 Å². The van der Waals surface area contributed by atoms with Gasteiger partial charge < -0.3 is 14.7 Å². The molecule has 1 aromatic heterocycles. The smallest absolute Gasteiger partial charge is 0.232 e. The van der Waals surface area contributed by atoms with Crippen molar-refractivity contribution >= 4 is 18.3 Å². The Bertz CT molecular complexity index is 542. The van der Waals surface area contributed by atoms with Crippen LogP contribution >= 0.6 is 12.4 Å². The first-order chi connectivity index (χ1) is 11.1. The van der Waals surface area contributed by atoms with Gasteiger partial charge in [0.2, 0.25) is 11.8 Å². The van der Waals surface area contributed by atoms with Gasteiger partial charge in [-0.05, 0) is 45.6 Å². The summed E-state index contributed by atoms with van der Waals surface area (Å²) in [6.07, 6.45) is 5.97. The number of carbonyl (C=O) groups is 1. The van der Waals surface area contributed by atoms with Crippen molar-refractivity contribution < 1.29 is 9.32 Å². The van der Waals surface area contributed by atoms with Crippen LogP contribution in [0.25, 0.3) is 0 Å². The first-order valence-corrected chi connectivity index (χ1v) is 8.86. The van der Waals surface area contributed by atoms with Crippen LogP contribution in [0.5, 0.6) is 0 Å². The number of aromatic nitrogens is 2. The second-order valence-electron chi connectivity index (χ2n) is 7.30. The van der Waals surface area contributed by atoms with Crippen LogP contribution in [0, 0.1) is 5.92 Å². The SMILES string of the molecule is CNC(C)Cc1noc(C2CC(=O)N(C3CCC(C)CC3)C2)n1.Cl. The van der Waals surface area contributed by atoms with Crippen LogP contribution in [-0.4, -0.2) is 46.6 Å². The van der Waals surface area contributed by atoms with E-state index in [9.17, 15) is 4.79 Å². The van der Waals surface area contributed by atoms with Crippen molar-refractivity contribution in [2.45, 2.75) is 70.4 Å². The molecule has 2 heterocycles. The molecule has 2 atom stereocenters. The molecule has 2 unspecified atom stereocenters. The molecule has 0 aromatic carbocycles. The van der Waals surface area contributed by atoms with Crippen molar-refractivity contribution in [3.8, 4) is 0 Å². The topological polar surface area (TPSA) is 71.3 Å². The monoisotopic (exact) mass is 356 g/mol. The van der Waals surface area contributed by atoms with Crippen molar-refractivity contribution in [3.63, 3.8) is 0 Å². The van der Waals surface area contributed by atoms with E-state index in [-0.39, 0.29) is 24.2 Å². The fourth-order valence-electron chi connectivity index (χ4n) is 3.70. The maximum atomic E-state index is 12.4. The fraction of sp³-hybridized carbons (Fsp3) is 0.824. The zero-order valence-corrected chi connectivity index (χ0v) is 15.6. The number of rotatable bonds is 5. The van der Waals surface area contributed by atoms with Crippen LogP contribution in [0.4, 0.5) is 0 Å². The lowest BCUT2D eigenvalue weighted by Gasteiger charge is -2.33. The third-order valence-electron chi connectivity index (χ3n) is 5.40. The summed E-state index contributed by atoms with van der Waals surface area (Å²) < 4.78 is 5.43. The highest BCUT2D eigenvalue weighted by Crippen LogP contribution is 2.34. The average Bonchev–Trinajstić information content (AvgIpc) is 3.15. The van der Waals surface area contributed by atoms with Gasteiger partial charge in [-0.25, -0.2) is 0 Å². The van der Waals surface area contributed by atoms with Gasteiger partial charge in [-0.2, -0.15) is 4.98 Å². The minimum Gasteiger partial charge on any atom is -0.339 e.